The Balaban J connectivity index is 1.59. The molecule has 2 aromatic rings. The van der Waals surface area contributed by atoms with E-state index < -0.39 is 36.2 Å². The molecule has 0 bridgehead atoms. The molecule has 1 aliphatic carbocycles. The molecule has 0 radical (unpaired) electrons. The number of halogens is 3. The molecule has 2 aromatic carbocycles. The van der Waals surface area contributed by atoms with Crippen molar-refractivity contribution in [2.75, 3.05) is 43.0 Å². The van der Waals surface area contributed by atoms with Gasteiger partial charge in [-0.2, -0.15) is 13.2 Å². The van der Waals surface area contributed by atoms with Crippen LogP contribution in [-0.4, -0.2) is 79.4 Å². The van der Waals surface area contributed by atoms with Gasteiger partial charge in [0.1, 0.15) is 6.10 Å². The lowest BCUT2D eigenvalue weighted by Crippen LogP contribution is -2.50. The first kappa shape index (κ1) is 27.4. The average Bonchev–Trinajstić information content (AvgIpc) is 2.90. The highest BCUT2D eigenvalue weighted by Crippen LogP contribution is 2.37. The highest BCUT2D eigenvalue weighted by atomic mass is 19.4. The maximum atomic E-state index is 13.8. The van der Waals surface area contributed by atoms with E-state index in [1.807, 2.05) is 11.9 Å². The topological polar surface area (TPSA) is 90.4 Å². The van der Waals surface area contributed by atoms with Crippen molar-refractivity contribution in [1.82, 2.24) is 4.90 Å². The third-order valence-corrected chi connectivity index (χ3v) is 7.09. The molecule has 1 heterocycles. The normalized spacial score (nSPS) is 20.6. The predicted octanol–water partition coefficient (Wildman–Crippen LogP) is 4.20. The minimum atomic E-state index is -5.20. The number of carbonyl (C=O) groups is 3. The number of hydrogen-bond acceptors (Lipinski definition) is 6. The second-order valence-electron chi connectivity index (χ2n) is 9.67. The highest BCUT2D eigenvalue weighted by molar-refractivity contribution is 6.05. The lowest BCUT2D eigenvalue weighted by atomic mass is 9.90. The first-order valence-electron chi connectivity index (χ1n) is 12.5. The van der Waals surface area contributed by atoms with E-state index in [0.717, 1.165) is 13.1 Å². The molecule has 0 unspecified atom stereocenters. The molecule has 1 N–H and O–H groups in total. The summed E-state index contributed by atoms with van der Waals surface area (Å²) < 4.78 is 46.9. The standard InChI is InChI=1S/C27H30F3N3O5/c1-31-13-15-32(16-14-31)20-9-12-22(24(34)35)23(17-20)33(26(37)27(28,29)30)19-7-10-21(11-8-19)38-25(36)18-5-3-2-4-6-18/h2-6,9,12,17,19,21H,7-8,10-11,13-16H2,1H3,(H,34,35)/t19-,21+. The molecule has 1 saturated carbocycles. The van der Waals surface area contributed by atoms with Crippen LogP contribution in [0, 0.1) is 0 Å². The van der Waals surface area contributed by atoms with Crippen molar-refractivity contribution in [3.05, 3.63) is 59.7 Å². The number of alkyl halides is 3. The summed E-state index contributed by atoms with van der Waals surface area (Å²) in [7, 11) is 1.97. The molecule has 2 aliphatic rings. The summed E-state index contributed by atoms with van der Waals surface area (Å²) in [5.41, 5.74) is 0.276. The summed E-state index contributed by atoms with van der Waals surface area (Å²) in [4.78, 5) is 41.8. The molecule has 1 amide bonds. The van der Waals surface area contributed by atoms with Gasteiger partial charge in [-0.3, -0.25) is 4.79 Å². The van der Waals surface area contributed by atoms with E-state index in [4.69, 9.17) is 4.74 Å². The number of carbonyl (C=O) groups excluding carboxylic acids is 2. The second-order valence-corrected chi connectivity index (χ2v) is 9.67. The van der Waals surface area contributed by atoms with Crippen molar-refractivity contribution >= 4 is 29.2 Å². The van der Waals surface area contributed by atoms with E-state index in [0.29, 0.717) is 29.2 Å². The van der Waals surface area contributed by atoms with Gasteiger partial charge in [-0.1, -0.05) is 18.2 Å². The Bertz CT molecular complexity index is 1160. The van der Waals surface area contributed by atoms with Gasteiger partial charge in [-0.25, -0.2) is 9.59 Å². The fraction of sp³-hybridized carbons (Fsp3) is 0.444. The fourth-order valence-corrected chi connectivity index (χ4v) is 4.98. The maximum Gasteiger partial charge on any atom is 0.471 e. The molecular weight excluding hydrogens is 503 g/mol. The molecule has 8 nitrogen and oxygen atoms in total. The van der Waals surface area contributed by atoms with Crippen LogP contribution in [0.5, 0.6) is 0 Å². The Labute approximate surface area is 218 Å². The number of carboxylic acid groups (broad SMARTS) is 1. The predicted molar refractivity (Wildman–Crippen MR) is 135 cm³/mol. The zero-order valence-electron chi connectivity index (χ0n) is 21.0. The fourth-order valence-electron chi connectivity index (χ4n) is 4.98. The molecule has 0 spiro atoms. The Morgan fingerprint density at radius 3 is 2.16 bits per heavy atom. The molecule has 4 rings (SSSR count). The number of amides is 1. The number of likely N-dealkylation sites (N-methyl/N-ethyl adjacent to an activating group) is 1. The van der Waals surface area contributed by atoms with Crippen molar-refractivity contribution in [2.45, 2.75) is 44.0 Å². The number of esters is 1. The zero-order valence-corrected chi connectivity index (χ0v) is 21.0. The first-order valence-corrected chi connectivity index (χ1v) is 12.5. The monoisotopic (exact) mass is 533 g/mol. The minimum Gasteiger partial charge on any atom is -0.478 e. The van der Waals surface area contributed by atoms with E-state index in [-0.39, 0.29) is 36.9 Å². The summed E-state index contributed by atoms with van der Waals surface area (Å²) in [5.74, 6) is -4.05. The molecule has 1 saturated heterocycles. The third-order valence-electron chi connectivity index (χ3n) is 7.09. The molecule has 0 aromatic heterocycles. The molecule has 2 fully saturated rings. The number of ether oxygens (including phenoxy) is 1. The SMILES string of the molecule is CN1CCN(c2ccc(C(=O)O)c(N(C(=O)C(F)(F)F)[C@H]3CC[C@@H](OC(=O)c4ccccc4)CC3)c2)CC1. The number of rotatable bonds is 6. The van der Waals surface area contributed by atoms with Crippen molar-refractivity contribution < 1.29 is 37.4 Å². The van der Waals surface area contributed by atoms with Crippen LogP contribution < -0.4 is 9.80 Å². The number of carboxylic acids is 1. The van der Waals surface area contributed by atoms with Crippen molar-refractivity contribution in [3.63, 3.8) is 0 Å². The van der Waals surface area contributed by atoms with E-state index in [9.17, 15) is 32.7 Å². The van der Waals surface area contributed by atoms with Crippen LogP contribution in [0.3, 0.4) is 0 Å². The van der Waals surface area contributed by atoms with Crippen LogP contribution in [0.1, 0.15) is 46.4 Å². The Morgan fingerprint density at radius 2 is 1.58 bits per heavy atom. The summed E-state index contributed by atoms with van der Waals surface area (Å²) in [5, 5.41) is 9.79. The van der Waals surface area contributed by atoms with Gasteiger partial charge < -0.3 is 24.5 Å². The lowest BCUT2D eigenvalue weighted by Gasteiger charge is -2.38. The van der Waals surface area contributed by atoms with Gasteiger partial charge >= 0.3 is 24.0 Å². The summed E-state index contributed by atoms with van der Waals surface area (Å²) in [6, 6.07) is 11.7. The molecule has 1 aliphatic heterocycles. The smallest absolute Gasteiger partial charge is 0.471 e. The number of hydrogen-bond donors (Lipinski definition) is 1. The average molecular weight is 534 g/mol. The Hall–Kier alpha value is -3.60. The Kier molecular flexibility index (Phi) is 8.25. The van der Waals surface area contributed by atoms with Crippen LogP contribution in [-0.2, 0) is 9.53 Å². The van der Waals surface area contributed by atoms with Crippen LogP contribution in [0.2, 0.25) is 0 Å². The van der Waals surface area contributed by atoms with Crippen LogP contribution in [0.15, 0.2) is 48.5 Å². The third kappa shape index (κ3) is 6.27. The summed E-state index contributed by atoms with van der Waals surface area (Å²) >= 11 is 0. The number of anilines is 2. The van der Waals surface area contributed by atoms with Gasteiger partial charge in [0.05, 0.1) is 16.8 Å². The maximum absolute atomic E-state index is 13.8. The number of benzene rings is 2. The largest absolute Gasteiger partial charge is 0.478 e. The van der Waals surface area contributed by atoms with E-state index in [2.05, 4.69) is 4.90 Å². The molecule has 204 valence electrons. The quantitative estimate of drug-likeness (QED) is 0.557. The lowest BCUT2D eigenvalue weighted by molar-refractivity contribution is -0.171. The Morgan fingerprint density at radius 1 is 0.947 bits per heavy atom. The van der Waals surface area contributed by atoms with E-state index in [1.54, 1.807) is 36.4 Å². The van der Waals surface area contributed by atoms with Gasteiger partial charge in [0.2, 0.25) is 0 Å². The summed E-state index contributed by atoms with van der Waals surface area (Å²) in [6.07, 6.45) is -5.00. The highest BCUT2D eigenvalue weighted by Gasteiger charge is 2.47. The molecular formula is C27H30F3N3O5. The van der Waals surface area contributed by atoms with Crippen molar-refractivity contribution in [1.29, 1.82) is 0 Å². The first-order chi connectivity index (χ1) is 18.0. The molecule has 38 heavy (non-hydrogen) atoms. The van der Waals surface area contributed by atoms with Crippen LogP contribution >= 0.6 is 0 Å². The van der Waals surface area contributed by atoms with Gasteiger partial charge in [-0.15, -0.1) is 0 Å². The molecule has 0 atom stereocenters. The van der Waals surface area contributed by atoms with Crippen molar-refractivity contribution in [2.24, 2.45) is 0 Å². The van der Waals surface area contributed by atoms with Gasteiger partial charge in [0.25, 0.3) is 0 Å². The van der Waals surface area contributed by atoms with Crippen LogP contribution in [0.4, 0.5) is 24.5 Å². The van der Waals surface area contributed by atoms with Crippen molar-refractivity contribution in [3.8, 4) is 0 Å². The minimum absolute atomic E-state index is 0.117. The van der Waals surface area contributed by atoms with Gasteiger partial charge in [-0.05, 0) is 63.1 Å². The number of piperazine rings is 1. The summed E-state index contributed by atoms with van der Waals surface area (Å²) in [6.45, 7) is 2.72. The molecule has 11 heteroatoms. The zero-order chi connectivity index (χ0) is 27.4. The number of aromatic carboxylic acids is 1. The van der Waals surface area contributed by atoms with E-state index in [1.165, 1.54) is 12.1 Å². The number of nitrogens with zero attached hydrogens (tertiary/aromatic N) is 3. The van der Waals surface area contributed by atoms with Crippen LogP contribution in [0.25, 0.3) is 0 Å². The van der Waals surface area contributed by atoms with Gasteiger partial charge in [0, 0.05) is 37.9 Å². The van der Waals surface area contributed by atoms with Gasteiger partial charge in [0.15, 0.2) is 0 Å². The second kappa shape index (κ2) is 11.4. The van der Waals surface area contributed by atoms with E-state index >= 15 is 0 Å².